The van der Waals surface area contributed by atoms with Crippen LogP contribution in [0.4, 0.5) is 0 Å². The van der Waals surface area contributed by atoms with Gasteiger partial charge >= 0.3 is 0 Å². The van der Waals surface area contributed by atoms with Crippen molar-refractivity contribution in [2.75, 3.05) is 6.61 Å². The van der Waals surface area contributed by atoms with Crippen molar-refractivity contribution in [2.45, 2.75) is 0 Å². The van der Waals surface area contributed by atoms with Gasteiger partial charge in [0, 0.05) is 0 Å². The van der Waals surface area contributed by atoms with Crippen molar-refractivity contribution in [2.24, 2.45) is 0 Å². The number of hydrogen-bond acceptors (Lipinski definition) is 2. The van der Waals surface area contributed by atoms with Crippen molar-refractivity contribution in [1.82, 2.24) is 0 Å². The summed E-state index contributed by atoms with van der Waals surface area (Å²) < 4.78 is 4.61. The van der Waals surface area contributed by atoms with E-state index in [4.69, 9.17) is 0 Å². The second-order valence-corrected chi connectivity index (χ2v) is 1.24. The Morgan fingerprint density at radius 3 is 2.40 bits per heavy atom. The summed E-state index contributed by atoms with van der Waals surface area (Å²) in [6.07, 6.45) is 1.86. The van der Waals surface area contributed by atoms with E-state index in [0.717, 1.165) is 6.61 Å². The average Bonchev–Trinajstić information content (AvgIpc) is 1.30. The van der Waals surface area contributed by atoms with E-state index in [-0.39, 0.29) is 0 Å². The topological polar surface area (TPSA) is 9.23 Å². The van der Waals surface area contributed by atoms with Crippen LogP contribution in [-0.4, -0.2) is 11.7 Å². The van der Waals surface area contributed by atoms with Crippen LogP contribution in [0.1, 0.15) is 0 Å². The van der Waals surface area contributed by atoms with Crippen molar-refractivity contribution in [3.8, 4) is 0 Å². The van der Waals surface area contributed by atoms with Crippen molar-refractivity contribution >= 4 is 17.3 Å². The zero-order valence-electron chi connectivity index (χ0n) is 2.60. The lowest BCUT2D eigenvalue weighted by atomic mass is 10.4. The highest BCUT2D eigenvalue weighted by Crippen LogP contribution is 1.99. The highest BCUT2D eigenvalue weighted by atomic mass is 32.1. The van der Waals surface area contributed by atoms with Crippen LogP contribution in [0.2, 0.25) is 0 Å². The van der Waals surface area contributed by atoms with Gasteiger partial charge < -0.3 is 4.74 Å². The molecule has 0 aromatic rings. The van der Waals surface area contributed by atoms with Gasteiger partial charge in [-0.3, -0.25) is 0 Å². The summed E-state index contributed by atoms with van der Waals surface area (Å²) in [6, 6.07) is 0. The first-order valence-electron chi connectivity index (χ1n) is 1.39. The third-order valence-corrected chi connectivity index (χ3v) is 0.760. The van der Waals surface area contributed by atoms with Crippen molar-refractivity contribution in [1.29, 1.82) is 0 Å². The Hall–Kier alpha value is -0.110. The molecule has 2 heteroatoms. The molecular formula is C3H3OS. The minimum atomic E-state index is 0.644. The molecule has 0 aromatic heterocycles. The molecule has 1 nitrogen and oxygen atoms in total. The molecule has 0 aliphatic carbocycles. The Morgan fingerprint density at radius 2 is 2.40 bits per heavy atom. The number of ether oxygens (including phenoxy) is 1. The molecule has 1 radical (unpaired) electrons. The maximum absolute atomic E-state index is 4.61. The van der Waals surface area contributed by atoms with Crippen LogP contribution < -0.4 is 0 Å². The second-order valence-electron chi connectivity index (χ2n) is 0.834. The van der Waals surface area contributed by atoms with Crippen molar-refractivity contribution in [3.05, 3.63) is 6.42 Å². The second kappa shape index (κ2) is 0.937. The predicted molar refractivity (Wildman–Crippen MR) is 22.8 cm³/mol. The maximum atomic E-state index is 4.61. The van der Waals surface area contributed by atoms with Crippen LogP contribution in [0.5, 0.6) is 0 Å². The molecule has 1 aliphatic heterocycles. The largest absolute Gasteiger partial charge is 0.486 e. The molecule has 0 saturated carbocycles. The maximum Gasteiger partial charge on any atom is 0.167 e. The summed E-state index contributed by atoms with van der Waals surface area (Å²) in [5, 5.41) is 0.644. The molecule has 0 bridgehead atoms. The minimum Gasteiger partial charge on any atom is -0.486 e. The van der Waals surface area contributed by atoms with Crippen molar-refractivity contribution < 1.29 is 4.74 Å². The molecule has 1 saturated heterocycles. The fourth-order valence-corrected chi connectivity index (χ4v) is 0.287. The Bertz CT molecular complexity index is 53.9. The molecule has 0 aromatic carbocycles. The van der Waals surface area contributed by atoms with Gasteiger partial charge in [-0.25, -0.2) is 0 Å². The SMILES string of the molecule is S=C1[CH]CO1. The van der Waals surface area contributed by atoms with Crippen LogP contribution in [0, 0.1) is 6.42 Å². The van der Waals surface area contributed by atoms with Crippen molar-refractivity contribution in [3.63, 3.8) is 0 Å². The molecule has 0 unspecified atom stereocenters. The van der Waals surface area contributed by atoms with Crippen LogP contribution in [0.25, 0.3) is 0 Å². The van der Waals surface area contributed by atoms with E-state index in [1.807, 2.05) is 6.42 Å². The quantitative estimate of drug-likeness (QED) is 0.399. The van der Waals surface area contributed by atoms with Gasteiger partial charge in [0.2, 0.25) is 0 Å². The van der Waals surface area contributed by atoms with E-state index < -0.39 is 0 Å². The van der Waals surface area contributed by atoms with Gasteiger partial charge in [-0.1, -0.05) is 0 Å². The van der Waals surface area contributed by atoms with Crippen LogP contribution in [0.3, 0.4) is 0 Å². The minimum absolute atomic E-state index is 0.644. The monoisotopic (exact) mass is 87.0 g/mol. The number of hydrogen-bond donors (Lipinski definition) is 0. The molecular weight excluding hydrogens is 84.1 g/mol. The molecule has 1 aliphatic rings. The zero-order valence-corrected chi connectivity index (χ0v) is 3.42. The molecule has 5 heavy (non-hydrogen) atoms. The molecule has 0 amide bonds. The van der Waals surface area contributed by atoms with E-state index >= 15 is 0 Å². The standard InChI is InChI=1S/C3H3OS/c5-3-1-2-4-3/h1H,2H2. The van der Waals surface area contributed by atoms with Gasteiger partial charge in [-0.15, -0.1) is 0 Å². The Morgan fingerprint density at radius 1 is 2.00 bits per heavy atom. The van der Waals surface area contributed by atoms with E-state index in [9.17, 15) is 0 Å². The van der Waals surface area contributed by atoms with E-state index in [1.165, 1.54) is 0 Å². The normalized spacial score (nSPS) is 20.4. The Labute approximate surface area is 35.9 Å². The first-order valence-corrected chi connectivity index (χ1v) is 1.80. The van der Waals surface area contributed by atoms with Gasteiger partial charge in [0.05, 0.1) is 6.42 Å². The van der Waals surface area contributed by atoms with Gasteiger partial charge in [0.25, 0.3) is 0 Å². The summed E-state index contributed by atoms with van der Waals surface area (Å²) in [6.45, 7) is 0.721. The highest BCUT2D eigenvalue weighted by Gasteiger charge is 2.06. The fourth-order valence-electron chi connectivity index (χ4n) is 0.151. The van der Waals surface area contributed by atoms with Crippen LogP contribution in [0.15, 0.2) is 0 Å². The number of rotatable bonds is 0. The summed E-state index contributed by atoms with van der Waals surface area (Å²) in [4.78, 5) is 0. The summed E-state index contributed by atoms with van der Waals surface area (Å²) in [5.41, 5.74) is 0. The summed E-state index contributed by atoms with van der Waals surface area (Å²) >= 11 is 4.51. The lowest BCUT2D eigenvalue weighted by molar-refractivity contribution is 0.297. The lowest BCUT2D eigenvalue weighted by Crippen LogP contribution is -2.17. The highest BCUT2D eigenvalue weighted by molar-refractivity contribution is 7.80. The summed E-state index contributed by atoms with van der Waals surface area (Å²) in [7, 11) is 0. The van der Waals surface area contributed by atoms with Gasteiger partial charge in [-0.2, -0.15) is 0 Å². The van der Waals surface area contributed by atoms with E-state index in [2.05, 4.69) is 17.0 Å². The Balaban J connectivity index is 2.32. The van der Waals surface area contributed by atoms with E-state index in [1.54, 1.807) is 0 Å². The van der Waals surface area contributed by atoms with Gasteiger partial charge in [0.15, 0.2) is 5.05 Å². The van der Waals surface area contributed by atoms with Gasteiger partial charge in [0.1, 0.15) is 6.61 Å². The summed E-state index contributed by atoms with van der Waals surface area (Å²) in [5.74, 6) is 0. The van der Waals surface area contributed by atoms with Gasteiger partial charge in [-0.05, 0) is 12.2 Å². The van der Waals surface area contributed by atoms with E-state index in [0.29, 0.717) is 5.05 Å². The third-order valence-electron chi connectivity index (χ3n) is 0.476. The molecule has 27 valence electrons. The Kier molecular flexibility index (Phi) is 0.580. The first-order chi connectivity index (χ1) is 2.39. The molecule has 0 N–H and O–H groups in total. The molecule has 1 fully saturated rings. The third kappa shape index (κ3) is 0.401. The fraction of sp³-hybridized carbons (Fsp3) is 0.333. The van der Waals surface area contributed by atoms with Crippen LogP contribution >= 0.6 is 12.2 Å². The molecule has 0 spiro atoms. The zero-order chi connectivity index (χ0) is 3.70. The first kappa shape index (κ1) is 3.09. The average molecular weight is 87.1 g/mol. The molecule has 1 heterocycles. The number of thiocarbonyl (C=S) groups is 1. The van der Waals surface area contributed by atoms with Crippen LogP contribution in [-0.2, 0) is 4.74 Å². The molecule has 1 rings (SSSR count). The smallest absolute Gasteiger partial charge is 0.167 e. The molecule has 0 atom stereocenters. The lowest BCUT2D eigenvalue weighted by Gasteiger charge is -2.12. The predicted octanol–water partition coefficient (Wildman–Crippen LogP) is 0.548.